The number of ether oxygens (including phenoxy) is 2. The molecule has 0 radical (unpaired) electrons. The Morgan fingerprint density at radius 1 is 1.25 bits per heavy atom. The van der Waals surface area contributed by atoms with E-state index in [1.165, 1.54) is 0 Å². The second-order valence-corrected chi connectivity index (χ2v) is 7.92. The highest BCUT2D eigenvalue weighted by atomic mass is 19.3. The topological polar surface area (TPSA) is 76.1 Å². The number of nitrogens with zero attached hydrogens (tertiary/aromatic N) is 1. The van der Waals surface area contributed by atoms with Crippen LogP contribution < -0.4 is 0 Å². The van der Waals surface area contributed by atoms with Gasteiger partial charge >= 0.3 is 11.9 Å². The molecule has 1 saturated heterocycles. The summed E-state index contributed by atoms with van der Waals surface area (Å²) in [4.78, 5) is 25.4. The van der Waals surface area contributed by atoms with E-state index in [9.17, 15) is 23.5 Å². The molecule has 0 aromatic rings. The Bertz CT molecular complexity index is 649. The van der Waals surface area contributed by atoms with Crippen LogP contribution >= 0.6 is 0 Å². The van der Waals surface area contributed by atoms with Gasteiger partial charge in [-0.25, -0.2) is 4.79 Å². The van der Waals surface area contributed by atoms with Gasteiger partial charge in [-0.1, -0.05) is 5.57 Å². The number of amides is 1. The van der Waals surface area contributed by atoms with E-state index >= 15 is 0 Å². The molecule has 0 aromatic heterocycles. The molecule has 158 valence electrons. The standard InChI is InChI=1S/C20H29F2NO5/c1-3-23(4-2)18(26)20(21,22)12-15(13-5-6-13)14-7-8-19(27-9-10-28-19)11-16(14)17(24)25/h13,15H,3-12H2,1-2H3,(H,24,25). The Kier molecular flexibility index (Phi) is 6.10. The van der Waals surface area contributed by atoms with Gasteiger partial charge in [-0.05, 0) is 44.9 Å². The minimum atomic E-state index is -3.51. The second-order valence-electron chi connectivity index (χ2n) is 7.92. The van der Waals surface area contributed by atoms with Gasteiger partial charge in [-0.15, -0.1) is 0 Å². The van der Waals surface area contributed by atoms with Gasteiger partial charge in [0.1, 0.15) is 0 Å². The van der Waals surface area contributed by atoms with Crippen molar-refractivity contribution < 1.29 is 33.0 Å². The third kappa shape index (κ3) is 4.22. The highest BCUT2D eigenvalue weighted by Gasteiger charge is 2.50. The minimum Gasteiger partial charge on any atom is -0.478 e. The first-order valence-corrected chi connectivity index (χ1v) is 10.1. The van der Waals surface area contributed by atoms with Gasteiger partial charge in [-0.2, -0.15) is 8.78 Å². The summed E-state index contributed by atoms with van der Waals surface area (Å²) in [5.41, 5.74) is 0.669. The van der Waals surface area contributed by atoms with Crippen molar-refractivity contribution in [2.45, 2.75) is 64.1 Å². The molecule has 6 nitrogen and oxygen atoms in total. The van der Waals surface area contributed by atoms with Gasteiger partial charge in [0.25, 0.3) is 5.91 Å². The Balaban J connectivity index is 1.86. The molecule has 1 saturated carbocycles. The first-order chi connectivity index (χ1) is 13.2. The van der Waals surface area contributed by atoms with Crippen molar-refractivity contribution in [2.75, 3.05) is 26.3 Å². The maximum Gasteiger partial charge on any atom is 0.331 e. The van der Waals surface area contributed by atoms with E-state index in [2.05, 4.69) is 0 Å². The van der Waals surface area contributed by atoms with E-state index in [-0.39, 0.29) is 31.0 Å². The molecular weight excluding hydrogens is 372 g/mol. The fourth-order valence-electron chi connectivity index (χ4n) is 4.49. The minimum absolute atomic E-state index is 0.0131. The first kappa shape index (κ1) is 21.2. The summed E-state index contributed by atoms with van der Waals surface area (Å²) >= 11 is 0. The average Bonchev–Trinajstić information content (AvgIpc) is 3.41. The molecule has 3 rings (SSSR count). The van der Waals surface area contributed by atoms with Crippen molar-refractivity contribution in [1.82, 2.24) is 4.90 Å². The number of carbonyl (C=O) groups is 2. The number of alkyl halides is 2. The summed E-state index contributed by atoms with van der Waals surface area (Å²) in [5, 5.41) is 9.74. The lowest BCUT2D eigenvalue weighted by molar-refractivity contribution is -0.168. The largest absolute Gasteiger partial charge is 0.478 e. The van der Waals surface area contributed by atoms with Crippen LogP contribution in [0.15, 0.2) is 11.1 Å². The molecule has 1 unspecified atom stereocenters. The summed E-state index contributed by atoms with van der Waals surface area (Å²) < 4.78 is 41.0. The summed E-state index contributed by atoms with van der Waals surface area (Å²) in [6, 6.07) is 0. The zero-order chi connectivity index (χ0) is 20.5. The highest BCUT2D eigenvalue weighted by molar-refractivity contribution is 5.88. The number of rotatable bonds is 8. The Morgan fingerprint density at radius 2 is 1.86 bits per heavy atom. The number of hydrogen-bond donors (Lipinski definition) is 1. The first-order valence-electron chi connectivity index (χ1n) is 10.1. The second kappa shape index (κ2) is 8.06. The van der Waals surface area contributed by atoms with Gasteiger partial charge in [0.2, 0.25) is 0 Å². The van der Waals surface area contributed by atoms with E-state index in [1.54, 1.807) is 13.8 Å². The number of carbonyl (C=O) groups excluding carboxylic acids is 1. The molecule has 28 heavy (non-hydrogen) atoms. The molecule has 3 aliphatic rings. The van der Waals surface area contributed by atoms with Crippen LogP contribution in [0, 0.1) is 11.8 Å². The zero-order valence-corrected chi connectivity index (χ0v) is 16.5. The normalized spacial score (nSPS) is 23.1. The summed E-state index contributed by atoms with van der Waals surface area (Å²) in [6.07, 6.45) is 1.81. The molecule has 1 N–H and O–H groups in total. The zero-order valence-electron chi connectivity index (χ0n) is 16.5. The number of carboxylic acids is 1. The number of carboxylic acid groups (broad SMARTS) is 1. The molecule has 1 atom stereocenters. The van der Waals surface area contributed by atoms with Crippen LogP contribution in [-0.2, 0) is 19.1 Å². The molecular formula is C20H29F2NO5. The van der Waals surface area contributed by atoms with Crippen molar-refractivity contribution in [3.8, 4) is 0 Å². The van der Waals surface area contributed by atoms with Gasteiger partial charge < -0.3 is 19.5 Å². The van der Waals surface area contributed by atoms with E-state index < -0.39 is 35.9 Å². The lowest BCUT2D eigenvalue weighted by Gasteiger charge is -2.36. The van der Waals surface area contributed by atoms with E-state index in [4.69, 9.17) is 9.47 Å². The van der Waals surface area contributed by atoms with Crippen molar-refractivity contribution in [3.05, 3.63) is 11.1 Å². The van der Waals surface area contributed by atoms with Crippen LogP contribution in [0.1, 0.15) is 52.4 Å². The average molecular weight is 401 g/mol. The number of hydrogen-bond acceptors (Lipinski definition) is 4. The highest BCUT2D eigenvalue weighted by Crippen LogP contribution is 2.51. The smallest absolute Gasteiger partial charge is 0.331 e. The van der Waals surface area contributed by atoms with Gasteiger partial charge in [0.15, 0.2) is 5.79 Å². The predicted octanol–water partition coefficient (Wildman–Crippen LogP) is 3.21. The number of halogens is 2. The Hall–Kier alpha value is -1.54. The van der Waals surface area contributed by atoms with Gasteiger partial charge in [0, 0.05) is 37.9 Å². The Labute approximate surface area is 163 Å². The molecule has 0 bridgehead atoms. The fourth-order valence-corrected chi connectivity index (χ4v) is 4.49. The maximum absolute atomic E-state index is 14.8. The maximum atomic E-state index is 14.8. The van der Waals surface area contributed by atoms with Crippen molar-refractivity contribution in [1.29, 1.82) is 0 Å². The fraction of sp³-hybridized carbons (Fsp3) is 0.800. The lowest BCUT2D eigenvalue weighted by atomic mass is 9.76. The predicted molar refractivity (Wildman–Crippen MR) is 96.9 cm³/mol. The molecule has 1 amide bonds. The summed E-state index contributed by atoms with van der Waals surface area (Å²) in [7, 11) is 0. The molecule has 1 aliphatic heterocycles. The molecule has 0 aromatic carbocycles. The molecule has 2 fully saturated rings. The van der Waals surface area contributed by atoms with Crippen molar-refractivity contribution in [3.63, 3.8) is 0 Å². The lowest BCUT2D eigenvalue weighted by Crippen LogP contribution is -2.45. The van der Waals surface area contributed by atoms with Gasteiger partial charge in [0.05, 0.1) is 13.2 Å². The molecule has 1 spiro atoms. The summed E-state index contributed by atoms with van der Waals surface area (Å²) in [5.74, 6) is -7.32. The molecule has 1 heterocycles. The van der Waals surface area contributed by atoms with Crippen molar-refractivity contribution >= 4 is 11.9 Å². The summed E-state index contributed by atoms with van der Waals surface area (Å²) in [6.45, 7) is 4.60. The van der Waals surface area contributed by atoms with Crippen molar-refractivity contribution in [2.24, 2.45) is 11.8 Å². The number of aliphatic carboxylic acids is 1. The molecule has 8 heteroatoms. The molecule has 2 aliphatic carbocycles. The van der Waals surface area contributed by atoms with Crippen LogP contribution in [-0.4, -0.2) is 59.9 Å². The Morgan fingerprint density at radius 3 is 2.36 bits per heavy atom. The van der Waals surface area contributed by atoms with Crippen LogP contribution in [0.4, 0.5) is 8.78 Å². The van der Waals surface area contributed by atoms with Crippen LogP contribution in [0.3, 0.4) is 0 Å². The van der Waals surface area contributed by atoms with E-state index in [0.717, 1.165) is 17.7 Å². The van der Waals surface area contributed by atoms with Gasteiger partial charge in [-0.3, -0.25) is 4.79 Å². The van der Waals surface area contributed by atoms with Crippen LogP contribution in [0.2, 0.25) is 0 Å². The van der Waals surface area contributed by atoms with Crippen LogP contribution in [0.25, 0.3) is 0 Å². The van der Waals surface area contributed by atoms with Crippen LogP contribution in [0.5, 0.6) is 0 Å². The number of allylic oxidation sites excluding steroid dienone is 1. The third-order valence-electron chi connectivity index (χ3n) is 6.16. The van der Waals surface area contributed by atoms with E-state index in [0.29, 0.717) is 31.6 Å². The SMILES string of the molecule is CCN(CC)C(=O)C(F)(F)CC(C1=C(C(=O)O)CC2(CC1)OCCO2)C1CC1. The quantitative estimate of drug-likeness (QED) is 0.676. The third-order valence-corrected chi connectivity index (χ3v) is 6.16. The van der Waals surface area contributed by atoms with E-state index in [1.807, 2.05) is 0 Å². The monoisotopic (exact) mass is 401 g/mol.